The Morgan fingerprint density at radius 2 is 1.17 bits per heavy atom. The van der Waals surface area contributed by atoms with Crippen LogP contribution >= 0.6 is 0 Å². The molecule has 3 N–H and O–H groups in total. The van der Waals surface area contributed by atoms with Crippen molar-refractivity contribution in [2.75, 3.05) is 13.1 Å². The van der Waals surface area contributed by atoms with E-state index in [1.54, 1.807) is 0 Å². The Kier molecular flexibility index (Phi) is 5.68. The zero-order valence-electron chi connectivity index (χ0n) is 10.7. The molecule has 18 heteroatoms. The van der Waals surface area contributed by atoms with Crippen LogP contribution in [0, 0.1) is 40.5 Å². The molecule has 0 aromatic rings. The van der Waals surface area contributed by atoms with Crippen LogP contribution in [-0.2, 0) is 0 Å². The molecule has 16 nitrogen and oxygen atoms in total. The Balaban J connectivity index is 5.67. The molecule has 0 aliphatic heterocycles. The van der Waals surface area contributed by atoms with Crippen LogP contribution in [0.15, 0.2) is 0 Å². The first-order valence-electron chi connectivity index (χ1n) is 5.04. The van der Waals surface area contributed by atoms with Crippen molar-refractivity contribution in [2.45, 2.75) is 11.8 Å². The molecular formula is C5H7F2N7O9. The standard InChI is InChI=1S/C5H7F2N7O9/c6-4(11(16)17,12(18)19)1-10(9-3(8)15)2-5(7,13(20)21)14(22)23/h1-2H2,(H3,8,9,15). The number of urea groups is 1. The van der Waals surface area contributed by atoms with Crippen LogP contribution in [0.5, 0.6) is 0 Å². The quantitative estimate of drug-likeness (QED) is 0.206. The number of nitrogens with one attached hydrogen (secondary N) is 1. The highest BCUT2D eigenvalue weighted by molar-refractivity contribution is 5.70. The molecule has 0 atom stereocenters. The summed E-state index contributed by atoms with van der Waals surface area (Å²) < 4.78 is 27.2. The van der Waals surface area contributed by atoms with Crippen LogP contribution in [0.1, 0.15) is 0 Å². The summed E-state index contributed by atoms with van der Waals surface area (Å²) in [6.45, 7) is -4.22. The fraction of sp³-hybridized carbons (Fsp3) is 0.800. The summed E-state index contributed by atoms with van der Waals surface area (Å²) in [6.07, 6.45) is 0. The summed E-state index contributed by atoms with van der Waals surface area (Å²) in [5, 5.41) is 41.0. The lowest BCUT2D eigenvalue weighted by Gasteiger charge is -2.22. The maximum absolute atomic E-state index is 13.6. The summed E-state index contributed by atoms with van der Waals surface area (Å²) in [6, 6.07) is -1.70. The first-order chi connectivity index (χ1) is 10.3. The van der Waals surface area contributed by atoms with Crippen molar-refractivity contribution in [3.63, 3.8) is 0 Å². The molecule has 0 rings (SSSR count). The van der Waals surface area contributed by atoms with Crippen molar-refractivity contribution in [3.8, 4) is 0 Å². The first kappa shape index (κ1) is 19.7. The van der Waals surface area contributed by atoms with Gasteiger partial charge in [-0.2, -0.15) is 5.01 Å². The Morgan fingerprint density at radius 3 is 1.35 bits per heavy atom. The van der Waals surface area contributed by atoms with E-state index < -0.39 is 55.7 Å². The number of nitrogens with zero attached hydrogens (tertiary/aromatic N) is 5. The van der Waals surface area contributed by atoms with Gasteiger partial charge >= 0.3 is 17.9 Å². The molecule has 0 aromatic heterocycles. The van der Waals surface area contributed by atoms with Gasteiger partial charge in [-0.05, 0) is 0 Å². The Bertz CT molecular complexity index is 486. The van der Waals surface area contributed by atoms with Gasteiger partial charge in [0, 0.05) is 0 Å². The minimum atomic E-state index is -4.56. The second-order valence-corrected chi connectivity index (χ2v) is 3.80. The molecule has 0 fully saturated rings. The number of halogens is 2. The van der Waals surface area contributed by atoms with Gasteiger partial charge in [0.25, 0.3) is 0 Å². The molecule has 0 radical (unpaired) electrons. The normalized spacial score (nSPS) is 11.8. The van der Waals surface area contributed by atoms with E-state index in [1.165, 1.54) is 5.43 Å². The van der Waals surface area contributed by atoms with E-state index in [1.807, 2.05) is 0 Å². The minimum Gasteiger partial charge on any atom is -0.351 e. The minimum absolute atomic E-state index is 0.459. The Hall–Kier alpha value is -3.31. The fourth-order valence-corrected chi connectivity index (χ4v) is 1.14. The van der Waals surface area contributed by atoms with E-state index in [0.717, 1.165) is 0 Å². The maximum atomic E-state index is 13.6. The third kappa shape index (κ3) is 4.33. The largest absolute Gasteiger partial charge is 0.628 e. The van der Waals surface area contributed by atoms with Crippen LogP contribution in [0.2, 0.25) is 0 Å². The molecule has 0 spiro atoms. The van der Waals surface area contributed by atoms with E-state index in [4.69, 9.17) is 0 Å². The predicted octanol–water partition coefficient (Wildman–Crippen LogP) is -1.77. The average Bonchev–Trinajstić information content (AvgIpc) is 2.36. The van der Waals surface area contributed by atoms with Gasteiger partial charge in [-0.25, -0.2) is 4.79 Å². The van der Waals surface area contributed by atoms with Gasteiger partial charge in [0.05, 0.1) is 0 Å². The van der Waals surface area contributed by atoms with Crippen molar-refractivity contribution in [2.24, 2.45) is 5.73 Å². The van der Waals surface area contributed by atoms with Crippen LogP contribution in [-0.4, -0.2) is 55.7 Å². The van der Waals surface area contributed by atoms with Crippen LogP contribution in [0.4, 0.5) is 13.6 Å². The molecule has 0 aliphatic carbocycles. The van der Waals surface area contributed by atoms with Crippen molar-refractivity contribution in [1.82, 2.24) is 10.4 Å². The van der Waals surface area contributed by atoms with E-state index in [0.29, 0.717) is 0 Å². The van der Waals surface area contributed by atoms with Gasteiger partial charge in [-0.1, -0.05) is 8.78 Å². The number of rotatable bonds is 9. The van der Waals surface area contributed by atoms with Crippen LogP contribution < -0.4 is 11.2 Å². The number of hydrazine groups is 1. The number of amides is 2. The molecule has 2 amide bonds. The number of nitro groups is 4. The fourth-order valence-electron chi connectivity index (χ4n) is 1.14. The SMILES string of the molecule is NC(=O)NN(CC(F)([N+](=O)[O-])[N+](=O)[O-])CC(F)([N+](=O)[O-])[N+](=O)[O-]. The van der Waals surface area contributed by atoms with Crippen molar-refractivity contribution >= 4 is 6.03 Å². The number of hydrogen-bond acceptors (Lipinski definition) is 10. The summed E-state index contributed by atoms with van der Waals surface area (Å²) in [5.41, 5.74) is 5.70. The molecule has 0 unspecified atom stereocenters. The lowest BCUT2D eigenvalue weighted by atomic mass is 10.4. The number of nitrogens with two attached hydrogens (primary N) is 1. The smallest absolute Gasteiger partial charge is 0.351 e. The average molecular weight is 347 g/mol. The van der Waals surface area contributed by atoms with Gasteiger partial charge in [0.2, 0.25) is 0 Å². The molecule has 0 bridgehead atoms. The number of alkyl halides is 2. The number of hydrogen-bond donors (Lipinski definition) is 2. The molecule has 0 saturated heterocycles. The maximum Gasteiger partial charge on any atom is 0.628 e. The van der Waals surface area contributed by atoms with Crippen LogP contribution in [0.3, 0.4) is 0 Å². The van der Waals surface area contributed by atoms with Crippen molar-refractivity contribution < 1.29 is 33.3 Å². The highest BCUT2D eigenvalue weighted by Gasteiger charge is 2.64. The predicted molar refractivity (Wildman–Crippen MR) is 59.9 cm³/mol. The van der Waals surface area contributed by atoms with E-state index in [2.05, 4.69) is 5.73 Å². The van der Waals surface area contributed by atoms with Gasteiger partial charge in [0.15, 0.2) is 13.1 Å². The molecule has 0 aromatic carbocycles. The highest BCUT2D eigenvalue weighted by Crippen LogP contribution is 2.19. The Labute approximate surface area is 122 Å². The van der Waals surface area contributed by atoms with Gasteiger partial charge in [-0.15, -0.1) is 0 Å². The van der Waals surface area contributed by atoms with Gasteiger partial charge in [0.1, 0.15) is 19.7 Å². The number of primary amides is 1. The lowest BCUT2D eigenvalue weighted by Crippen LogP contribution is -2.62. The second kappa shape index (κ2) is 6.64. The molecule has 0 saturated carbocycles. The zero-order chi connectivity index (χ0) is 18.6. The van der Waals surface area contributed by atoms with Crippen molar-refractivity contribution in [3.05, 3.63) is 40.5 Å². The molecule has 130 valence electrons. The zero-order valence-corrected chi connectivity index (χ0v) is 10.7. The topological polar surface area (TPSA) is 231 Å². The third-order valence-electron chi connectivity index (χ3n) is 2.17. The highest BCUT2D eigenvalue weighted by atomic mass is 19.2. The number of carbonyl (C=O) groups excluding carboxylic acids is 1. The van der Waals surface area contributed by atoms with Gasteiger partial charge in [-0.3, -0.25) is 45.9 Å². The summed E-state index contributed by atoms with van der Waals surface area (Å²) in [4.78, 5) is 43.7. The van der Waals surface area contributed by atoms with Gasteiger partial charge < -0.3 is 5.73 Å². The summed E-state index contributed by atoms with van der Waals surface area (Å²) in [7, 11) is 0. The van der Waals surface area contributed by atoms with E-state index in [9.17, 15) is 54.0 Å². The van der Waals surface area contributed by atoms with E-state index in [-0.39, 0.29) is 0 Å². The lowest BCUT2D eigenvalue weighted by molar-refractivity contribution is -0.838. The first-order valence-corrected chi connectivity index (χ1v) is 5.04. The van der Waals surface area contributed by atoms with Crippen molar-refractivity contribution in [1.29, 1.82) is 0 Å². The molecular weight excluding hydrogens is 340 g/mol. The molecule has 0 aliphatic rings. The third-order valence-corrected chi connectivity index (χ3v) is 2.17. The van der Waals surface area contributed by atoms with Crippen LogP contribution in [0.25, 0.3) is 0 Å². The Morgan fingerprint density at radius 1 is 0.913 bits per heavy atom. The van der Waals surface area contributed by atoms with E-state index >= 15 is 0 Å². The summed E-state index contributed by atoms with van der Waals surface area (Å²) in [5.74, 6) is -9.12. The summed E-state index contributed by atoms with van der Waals surface area (Å²) >= 11 is 0. The molecule has 0 heterocycles. The number of carbonyl (C=O) groups is 1. The second-order valence-electron chi connectivity index (χ2n) is 3.80. The monoisotopic (exact) mass is 347 g/mol. The molecule has 23 heavy (non-hydrogen) atoms.